The Labute approximate surface area is 190 Å². The Balaban J connectivity index is 1.53. The minimum absolute atomic E-state index is 0.0383. The predicted molar refractivity (Wildman–Crippen MR) is 127 cm³/mol. The Bertz CT molecular complexity index is 1040. The third-order valence-electron chi connectivity index (χ3n) is 6.24. The van der Waals surface area contributed by atoms with Gasteiger partial charge in [-0.3, -0.25) is 14.7 Å². The maximum Gasteiger partial charge on any atom is 0.252 e. The molecule has 32 heavy (non-hydrogen) atoms. The van der Waals surface area contributed by atoms with E-state index in [-0.39, 0.29) is 17.9 Å². The number of amides is 1. The second kappa shape index (κ2) is 10.4. The number of ether oxygens (including phenoxy) is 1. The van der Waals surface area contributed by atoms with Crippen molar-refractivity contribution in [2.75, 3.05) is 20.2 Å². The van der Waals surface area contributed by atoms with Crippen molar-refractivity contribution in [2.24, 2.45) is 5.92 Å². The molecule has 5 nitrogen and oxygen atoms in total. The maximum atomic E-state index is 13.2. The summed E-state index contributed by atoms with van der Waals surface area (Å²) in [5.41, 5.74) is 3.86. The lowest BCUT2D eigenvalue weighted by Gasteiger charge is -2.37. The number of nitrogens with zero attached hydrogens (tertiary/aromatic N) is 2. The first-order chi connectivity index (χ1) is 15.6. The molecule has 0 spiro atoms. The summed E-state index contributed by atoms with van der Waals surface area (Å²) < 4.78 is 5.38. The third-order valence-corrected chi connectivity index (χ3v) is 6.24. The van der Waals surface area contributed by atoms with E-state index < -0.39 is 0 Å². The van der Waals surface area contributed by atoms with Crippen LogP contribution in [-0.2, 0) is 6.54 Å². The van der Waals surface area contributed by atoms with Crippen molar-refractivity contribution in [2.45, 2.75) is 32.4 Å². The lowest BCUT2D eigenvalue weighted by Crippen LogP contribution is -2.43. The van der Waals surface area contributed by atoms with E-state index in [4.69, 9.17) is 4.74 Å². The lowest BCUT2D eigenvalue weighted by atomic mass is 9.88. The molecule has 0 aliphatic carbocycles. The molecular weight excluding hydrogens is 398 g/mol. The number of benzene rings is 2. The summed E-state index contributed by atoms with van der Waals surface area (Å²) in [7, 11) is 1.70. The first-order valence-corrected chi connectivity index (χ1v) is 11.3. The van der Waals surface area contributed by atoms with Gasteiger partial charge in [-0.2, -0.15) is 0 Å². The van der Waals surface area contributed by atoms with Crippen molar-refractivity contribution in [1.29, 1.82) is 0 Å². The SMILES string of the molecule is COc1cccc(CN2CCC[C@@H]([C@@H](NC(=O)c3ccccc3C)c3ccccn3)C2)c1. The summed E-state index contributed by atoms with van der Waals surface area (Å²) in [5, 5.41) is 3.31. The van der Waals surface area contributed by atoms with Gasteiger partial charge in [-0.05, 0) is 73.7 Å². The fraction of sp³-hybridized carbons (Fsp3) is 0.333. The summed E-state index contributed by atoms with van der Waals surface area (Å²) in [4.78, 5) is 20.2. The van der Waals surface area contributed by atoms with Gasteiger partial charge in [0.05, 0.1) is 18.8 Å². The number of carbonyl (C=O) groups is 1. The van der Waals surface area contributed by atoms with Crippen LogP contribution in [0.4, 0.5) is 0 Å². The molecule has 1 fully saturated rings. The van der Waals surface area contributed by atoms with Gasteiger partial charge < -0.3 is 10.1 Å². The molecule has 1 aliphatic heterocycles. The quantitative estimate of drug-likeness (QED) is 0.587. The highest BCUT2D eigenvalue weighted by atomic mass is 16.5. The van der Waals surface area contributed by atoms with Crippen LogP contribution in [0.15, 0.2) is 72.9 Å². The van der Waals surface area contributed by atoms with Crippen molar-refractivity contribution in [3.63, 3.8) is 0 Å². The van der Waals surface area contributed by atoms with E-state index in [1.165, 1.54) is 5.56 Å². The van der Waals surface area contributed by atoms with Crippen LogP contribution >= 0.6 is 0 Å². The van der Waals surface area contributed by atoms with E-state index in [0.717, 1.165) is 55.0 Å². The number of pyridine rings is 1. The van der Waals surface area contributed by atoms with Crippen LogP contribution in [0.1, 0.15) is 46.1 Å². The minimum Gasteiger partial charge on any atom is -0.497 e. The molecule has 1 N–H and O–H groups in total. The van der Waals surface area contributed by atoms with E-state index in [0.29, 0.717) is 0 Å². The Hall–Kier alpha value is -3.18. The molecule has 1 aliphatic rings. The van der Waals surface area contributed by atoms with Gasteiger partial charge in [0.2, 0.25) is 0 Å². The van der Waals surface area contributed by atoms with Crippen molar-refractivity contribution in [3.05, 3.63) is 95.3 Å². The third kappa shape index (κ3) is 5.35. The van der Waals surface area contributed by atoms with Crippen LogP contribution in [0.3, 0.4) is 0 Å². The molecular formula is C27H31N3O2. The number of rotatable bonds is 7. The molecule has 0 unspecified atom stereocenters. The van der Waals surface area contributed by atoms with Crippen molar-refractivity contribution in [3.8, 4) is 5.75 Å². The topological polar surface area (TPSA) is 54.5 Å². The first kappa shape index (κ1) is 22.0. The number of carbonyl (C=O) groups excluding carboxylic acids is 1. The van der Waals surface area contributed by atoms with E-state index in [1.807, 2.05) is 61.5 Å². The van der Waals surface area contributed by atoms with E-state index in [9.17, 15) is 4.79 Å². The summed E-state index contributed by atoms with van der Waals surface area (Å²) in [5.74, 6) is 1.13. The minimum atomic E-state index is -0.128. The van der Waals surface area contributed by atoms with Gasteiger partial charge in [0, 0.05) is 24.8 Å². The zero-order chi connectivity index (χ0) is 22.3. The number of hydrogen-bond acceptors (Lipinski definition) is 4. The molecule has 0 bridgehead atoms. The Kier molecular flexibility index (Phi) is 7.17. The monoisotopic (exact) mass is 429 g/mol. The molecule has 166 valence electrons. The average molecular weight is 430 g/mol. The molecule has 3 aromatic rings. The second-order valence-corrected chi connectivity index (χ2v) is 8.51. The zero-order valence-electron chi connectivity index (χ0n) is 18.8. The van der Waals surface area contributed by atoms with Crippen LogP contribution in [0.5, 0.6) is 5.75 Å². The van der Waals surface area contributed by atoms with E-state index in [1.54, 1.807) is 13.3 Å². The highest BCUT2D eigenvalue weighted by molar-refractivity contribution is 5.95. The molecule has 1 saturated heterocycles. The first-order valence-electron chi connectivity index (χ1n) is 11.3. The van der Waals surface area contributed by atoms with Gasteiger partial charge in [-0.1, -0.05) is 36.4 Å². The number of piperidine rings is 1. The molecule has 4 rings (SSSR count). The van der Waals surface area contributed by atoms with Crippen LogP contribution in [0.2, 0.25) is 0 Å². The van der Waals surface area contributed by atoms with Crippen molar-refractivity contribution in [1.82, 2.24) is 15.2 Å². The molecule has 1 amide bonds. The standard InChI is InChI=1S/C27H31N3O2/c1-20-9-3-4-13-24(20)27(31)29-26(25-14-5-6-15-28-25)22-11-8-16-30(19-22)18-21-10-7-12-23(17-21)32-2/h3-7,9-10,12-15,17,22,26H,8,11,16,18-19H2,1-2H3,(H,29,31)/t22-,26-/m1/s1. The zero-order valence-corrected chi connectivity index (χ0v) is 18.8. The highest BCUT2D eigenvalue weighted by Gasteiger charge is 2.31. The summed E-state index contributed by atoms with van der Waals surface area (Å²) >= 11 is 0. The van der Waals surface area contributed by atoms with Crippen molar-refractivity contribution < 1.29 is 9.53 Å². The number of hydrogen-bond donors (Lipinski definition) is 1. The number of aromatic nitrogens is 1. The summed E-state index contributed by atoms with van der Waals surface area (Å²) in [6, 6.07) is 21.8. The molecule has 1 aromatic heterocycles. The second-order valence-electron chi connectivity index (χ2n) is 8.51. The van der Waals surface area contributed by atoms with Crippen LogP contribution in [0, 0.1) is 12.8 Å². The lowest BCUT2D eigenvalue weighted by molar-refractivity contribution is 0.0874. The molecule has 0 radical (unpaired) electrons. The summed E-state index contributed by atoms with van der Waals surface area (Å²) in [6.07, 6.45) is 3.96. The summed E-state index contributed by atoms with van der Waals surface area (Å²) in [6.45, 7) is 4.80. The van der Waals surface area contributed by atoms with Gasteiger partial charge in [0.25, 0.3) is 5.91 Å². The number of aryl methyl sites for hydroxylation is 1. The van der Waals surface area contributed by atoms with E-state index in [2.05, 4.69) is 27.3 Å². The van der Waals surface area contributed by atoms with Gasteiger partial charge in [-0.15, -0.1) is 0 Å². The fourth-order valence-corrected chi connectivity index (χ4v) is 4.58. The molecule has 0 saturated carbocycles. The molecule has 2 aromatic carbocycles. The van der Waals surface area contributed by atoms with Gasteiger partial charge >= 0.3 is 0 Å². The van der Waals surface area contributed by atoms with Gasteiger partial charge in [0.1, 0.15) is 5.75 Å². The average Bonchev–Trinajstić information content (AvgIpc) is 2.83. The normalized spacial score (nSPS) is 17.5. The Morgan fingerprint density at radius 2 is 2.00 bits per heavy atom. The van der Waals surface area contributed by atoms with Crippen molar-refractivity contribution >= 4 is 5.91 Å². The largest absolute Gasteiger partial charge is 0.497 e. The Morgan fingerprint density at radius 3 is 2.78 bits per heavy atom. The fourth-order valence-electron chi connectivity index (χ4n) is 4.58. The number of likely N-dealkylation sites (tertiary alicyclic amines) is 1. The maximum absolute atomic E-state index is 13.2. The van der Waals surface area contributed by atoms with Crippen LogP contribution < -0.4 is 10.1 Å². The van der Waals surface area contributed by atoms with Gasteiger partial charge in [-0.25, -0.2) is 0 Å². The number of nitrogens with one attached hydrogen (secondary N) is 1. The number of methoxy groups -OCH3 is 1. The molecule has 5 heteroatoms. The predicted octanol–water partition coefficient (Wildman–Crippen LogP) is 4.78. The van der Waals surface area contributed by atoms with Crippen LogP contribution in [0.25, 0.3) is 0 Å². The molecule has 2 atom stereocenters. The highest BCUT2D eigenvalue weighted by Crippen LogP contribution is 2.30. The van der Waals surface area contributed by atoms with Crippen LogP contribution in [-0.4, -0.2) is 36.0 Å². The Morgan fingerprint density at radius 1 is 1.16 bits per heavy atom. The van der Waals surface area contributed by atoms with E-state index >= 15 is 0 Å². The molecule has 2 heterocycles. The van der Waals surface area contributed by atoms with Gasteiger partial charge in [0.15, 0.2) is 0 Å². The smallest absolute Gasteiger partial charge is 0.252 e.